The van der Waals surface area contributed by atoms with Crippen LogP contribution >= 0.6 is 0 Å². The molecular weight excluding hydrogens is 1150 g/mol. The number of nitrogens with zero attached hydrogens (tertiary/aromatic N) is 6. The van der Waals surface area contributed by atoms with E-state index in [4.69, 9.17) is 39.9 Å². The van der Waals surface area contributed by atoms with Crippen LogP contribution < -0.4 is 37.4 Å². The van der Waals surface area contributed by atoms with E-state index in [0.29, 0.717) is 38.5 Å². The van der Waals surface area contributed by atoms with E-state index in [1.54, 1.807) is 12.1 Å². The van der Waals surface area contributed by atoms with Gasteiger partial charge >= 0.3 is 48.0 Å². The molecule has 2 heterocycles. The molecule has 0 aliphatic carbocycles. The number of ether oxygens (including phenoxy) is 7. The summed E-state index contributed by atoms with van der Waals surface area (Å²) in [5.74, 6) is -6.96. The van der Waals surface area contributed by atoms with Gasteiger partial charge in [0.2, 0.25) is 17.7 Å². The number of hydrogen-bond donors (Lipinski definition) is 6. The summed E-state index contributed by atoms with van der Waals surface area (Å²) < 4.78 is 53.9. The van der Waals surface area contributed by atoms with Crippen molar-refractivity contribution in [1.82, 2.24) is 26.6 Å². The van der Waals surface area contributed by atoms with Gasteiger partial charge < -0.3 is 75.4 Å². The number of alkyl carbamates (subject to hydrolysis) is 2. The monoisotopic (exact) mass is 1220 g/mol. The normalized spacial score (nSPS) is 13.9. The fourth-order valence-corrected chi connectivity index (χ4v) is 6.08. The maximum absolute atomic E-state index is 12.8. The molecule has 2 aliphatic heterocycles. The highest BCUT2D eigenvalue weighted by Crippen LogP contribution is 2.12. The maximum Gasteiger partial charge on any atom is 0.415 e. The molecule has 34 heteroatoms. The van der Waals surface area contributed by atoms with Gasteiger partial charge in [0.25, 0.3) is 6.43 Å². The third-order valence-electron chi connectivity index (χ3n) is 9.61. The second kappa shape index (κ2) is 48.1. The zero-order valence-corrected chi connectivity index (χ0v) is 48.5. The molecule has 2 saturated heterocycles. The van der Waals surface area contributed by atoms with E-state index in [2.05, 4.69) is 66.6 Å². The van der Waals surface area contributed by atoms with Gasteiger partial charge in [-0.15, -0.1) is 0 Å². The van der Waals surface area contributed by atoms with Gasteiger partial charge in [-0.25, -0.2) is 28.0 Å². The zero-order chi connectivity index (χ0) is 65.4. The number of carboxylic acids is 1. The lowest BCUT2D eigenvalue weighted by molar-refractivity contribution is -0.374. The van der Waals surface area contributed by atoms with Gasteiger partial charge in [-0.05, 0) is 46.9 Å². The van der Waals surface area contributed by atoms with Gasteiger partial charge in [0, 0.05) is 50.2 Å². The average molecular weight is 1230 g/mol. The van der Waals surface area contributed by atoms with Crippen molar-refractivity contribution in [2.75, 3.05) is 52.6 Å². The summed E-state index contributed by atoms with van der Waals surface area (Å²) in [5, 5.41) is 27.8. The van der Waals surface area contributed by atoms with Crippen LogP contribution in [0.4, 0.5) is 18.4 Å². The van der Waals surface area contributed by atoms with Crippen molar-refractivity contribution in [1.29, 1.82) is 0 Å². The Bertz CT molecular complexity index is 2550. The van der Waals surface area contributed by atoms with Gasteiger partial charge in [0.15, 0.2) is 0 Å². The molecule has 0 saturated carbocycles. The van der Waals surface area contributed by atoms with E-state index in [-0.39, 0.29) is 57.8 Å². The largest absolute Gasteiger partial charge is 0.544 e. The van der Waals surface area contributed by atoms with Crippen molar-refractivity contribution in [2.45, 2.75) is 118 Å². The van der Waals surface area contributed by atoms with Crippen LogP contribution in [0, 0.1) is 11.8 Å². The number of azide groups is 2. The van der Waals surface area contributed by atoms with Crippen LogP contribution in [-0.2, 0) is 94.3 Å². The van der Waals surface area contributed by atoms with Crippen molar-refractivity contribution >= 4 is 71.7 Å². The number of nitrogens with one attached hydrogen (secondary N) is 5. The molecule has 476 valence electrons. The highest BCUT2D eigenvalue weighted by atomic mass is 19.3. The second-order valence-electron chi connectivity index (χ2n) is 18.1. The van der Waals surface area contributed by atoms with Crippen molar-refractivity contribution in [2.24, 2.45) is 22.1 Å². The van der Waals surface area contributed by atoms with Crippen LogP contribution in [0.15, 0.2) is 70.9 Å². The number of aliphatic carboxylic acids is 1. The second-order valence-corrected chi connectivity index (χ2v) is 18.1. The number of rotatable bonds is 28. The lowest BCUT2D eigenvalue weighted by atomic mass is 10.0. The predicted octanol–water partition coefficient (Wildman–Crippen LogP) is 1.67. The number of halogens is 2. The zero-order valence-electron chi connectivity index (χ0n) is 48.5. The fourth-order valence-electron chi connectivity index (χ4n) is 6.08. The minimum Gasteiger partial charge on any atom is -0.544 e. The third-order valence-corrected chi connectivity index (χ3v) is 9.61. The number of benzene rings is 2. The van der Waals surface area contributed by atoms with Crippen LogP contribution in [0.25, 0.3) is 20.9 Å². The third kappa shape index (κ3) is 44.3. The summed E-state index contributed by atoms with van der Waals surface area (Å²) in [6.07, 6.45) is -4.41. The van der Waals surface area contributed by atoms with Crippen LogP contribution in [0.1, 0.15) is 85.3 Å². The molecule has 2 aromatic carbocycles. The number of quaternary nitrogens is 1. The summed E-state index contributed by atoms with van der Waals surface area (Å²) in [5.41, 5.74) is 21.3. The molecule has 86 heavy (non-hydrogen) atoms. The van der Waals surface area contributed by atoms with Gasteiger partial charge in [-0.1, -0.05) is 98.6 Å². The smallest absolute Gasteiger partial charge is 0.415 e. The minimum atomic E-state index is -3.34. The first-order valence-corrected chi connectivity index (χ1v) is 26.1. The van der Waals surface area contributed by atoms with Crippen molar-refractivity contribution in [3.8, 4) is 0 Å². The quantitative estimate of drug-likeness (QED) is 0.0134. The first kappa shape index (κ1) is 78.7. The molecule has 0 spiro atoms. The molecule has 4 atom stereocenters. The molecular formula is C52H74F2N12O20. The Morgan fingerprint density at radius 2 is 1.14 bits per heavy atom. The van der Waals surface area contributed by atoms with E-state index >= 15 is 0 Å². The molecule has 0 radical (unpaired) electrons. The molecule has 2 fully saturated rings. The summed E-state index contributed by atoms with van der Waals surface area (Å²) in [6, 6.07) is 14.8. The van der Waals surface area contributed by atoms with Gasteiger partial charge in [0.1, 0.15) is 43.4 Å². The Balaban J connectivity index is 0. The highest BCUT2D eigenvalue weighted by Gasteiger charge is 2.35. The molecule has 2 aromatic rings. The first-order chi connectivity index (χ1) is 40.6. The van der Waals surface area contributed by atoms with Crippen molar-refractivity contribution in [3.63, 3.8) is 0 Å². The number of amides is 5. The van der Waals surface area contributed by atoms with Crippen LogP contribution in [-0.4, -0.2) is 155 Å². The number of carboxylic acid groups (broad SMARTS) is 1. The fraction of sp³-hybridized carbons (Fsp3) is 0.538. The Labute approximate surface area is 492 Å². The summed E-state index contributed by atoms with van der Waals surface area (Å²) in [7, 11) is 0. The maximum atomic E-state index is 12.8. The number of alkyl halides is 2. The number of cyclic esters (lactones) is 4. The number of carbonyl (C=O) groups excluding carboxylic acids is 12. The predicted molar refractivity (Wildman–Crippen MR) is 291 cm³/mol. The highest BCUT2D eigenvalue weighted by molar-refractivity contribution is 5.98. The molecule has 4 rings (SSSR count). The topological polar surface area (TPSA) is 478 Å². The summed E-state index contributed by atoms with van der Waals surface area (Å²) >= 11 is 0. The molecule has 0 aromatic heterocycles. The lowest BCUT2D eigenvalue weighted by Gasteiger charge is -2.23. The Morgan fingerprint density at radius 3 is 1.52 bits per heavy atom. The van der Waals surface area contributed by atoms with E-state index in [1.165, 1.54) is 20.8 Å². The Hall–Kier alpha value is -9.36. The van der Waals surface area contributed by atoms with Crippen LogP contribution in [0.5, 0.6) is 0 Å². The molecule has 0 bridgehead atoms. The molecule has 5 amide bonds. The van der Waals surface area contributed by atoms with E-state index < -0.39 is 103 Å². The number of esters is 6. The van der Waals surface area contributed by atoms with E-state index in [9.17, 15) is 61.5 Å². The van der Waals surface area contributed by atoms with Crippen molar-refractivity contribution < 1.29 is 110 Å². The van der Waals surface area contributed by atoms with Gasteiger partial charge in [0.05, 0.1) is 45.8 Å². The lowest BCUT2D eigenvalue weighted by Crippen LogP contribution is -2.54. The standard InChI is InChI=1S/C23H34N6O6.C12H11NO5.C7H11NO3.C4H10N4O.C4H6O3.C2H2F2O2/c1-16(2)13-19(27-17(3)30)23(33)28-20(22(32)25-9-11-34-12-10-26-29-24)14-21(31)35-15-18-7-5-4-6-8-18;14-10(6-9-11(15)18-12(16)13-9)17-7-8-4-2-1-3-5-8;1-4(2)3-5-6(9)11-7(10)8-5;5-1-3-9-4-2-7-8-6;1-3(5)7-4(2)6;3-1(4)2(5)6/h4-8,16,19-20H,9-15H2,1-3H3,(H,25,32)(H,27,30)(H,28,33);1-5,9H,6-7H2,(H,13,16);4-5H,3H2,1-2H3,(H,8,10);1-5H2;1-2H3;1H,(H,5,6)/t19-,20+;9-;5-;;;/m101.../s1. The molecule has 2 aliphatic rings. The van der Waals surface area contributed by atoms with Crippen LogP contribution in [0.2, 0.25) is 0 Å². The SMILES string of the molecule is CC(=O)N[C@H](CC(C)C)C(=O)N[C@@H](CC(=O)OCc1ccccc1)C(=O)NCCOCCN=[N+]=[N-].CC(=O)OC(C)=O.CC(C)C[C@H]1NC(=O)OC1=O.O=C(C[C@@H]1NC(=O)OC1=O)OCc1ccccc1.O=C([O-])C(F)F.[N-]=[N+]=NCCOCC[NH3+]. The average Bonchev–Trinajstić information content (AvgIpc) is 4.07. The van der Waals surface area contributed by atoms with Crippen LogP contribution in [0.3, 0.4) is 0 Å². The molecule has 8 N–H and O–H groups in total. The number of carbonyl (C=O) groups is 12. The van der Waals surface area contributed by atoms with E-state index in [0.717, 1.165) is 17.7 Å². The molecule has 0 unspecified atom stereocenters. The first-order valence-electron chi connectivity index (χ1n) is 26.1. The Morgan fingerprint density at radius 1 is 0.674 bits per heavy atom. The Kier molecular flexibility index (Phi) is 44.0. The van der Waals surface area contributed by atoms with E-state index in [1.807, 2.05) is 76.2 Å². The number of hydrogen-bond acceptors (Lipinski definition) is 22. The van der Waals surface area contributed by atoms with Gasteiger partial charge in [-0.3, -0.25) is 33.6 Å². The summed E-state index contributed by atoms with van der Waals surface area (Å²) in [6.45, 7) is 14.5. The molecule has 32 nitrogen and oxygen atoms in total. The van der Waals surface area contributed by atoms with Gasteiger partial charge in [-0.2, -0.15) is 0 Å². The summed E-state index contributed by atoms with van der Waals surface area (Å²) in [4.78, 5) is 138. The minimum absolute atomic E-state index is 0.0306. The van der Waals surface area contributed by atoms with Crippen molar-refractivity contribution in [3.05, 3.63) is 92.7 Å².